The summed E-state index contributed by atoms with van der Waals surface area (Å²) in [5, 5.41) is 2.71. The van der Waals surface area contributed by atoms with Gasteiger partial charge in [0.25, 0.3) is 0 Å². The first-order chi connectivity index (χ1) is 8.90. The van der Waals surface area contributed by atoms with E-state index < -0.39 is 15.3 Å². The molecule has 1 unspecified atom stereocenters. The molecule has 0 aliphatic heterocycles. The summed E-state index contributed by atoms with van der Waals surface area (Å²) in [6.45, 7) is 10.1. The van der Waals surface area contributed by atoms with Crippen LogP contribution in [0.15, 0.2) is 0 Å². The van der Waals surface area contributed by atoms with Crippen LogP contribution in [0.25, 0.3) is 0 Å². The van der Waals surface area contributed by atoms with Crippen molar-refractivity contribution >= 4 is 10.0 Å². The summed E-state index contributed by atoms with van der Waals surface area (Å²) < 4.78 is 31.8. The van der Waals surface area contributed by atoms with Crippen molar-refractivity contribution in [3.8, 4) is 0 Å². The zero-order chi connectivity index (χ0) is 14.7. The van der Waals surface area contributed by atoms with Crippen molar-refractivity contribution in [1.82, 2.24) is 10.0 Å². The van der Waals surface area contributed by atoms with Crippen LogP contribution < -0.4 is 10.0 Å². The Morgan fingerprint density at radius 2 is 1.74 bits per heavy atom. The SMILES string of the molecule is CCCCOCCCNS(=O)(=O)C(C)CNC(C)C. The zero-order valence-electron chi connectivity index (χ0n) is 12.7. The lowest BCUT2D eigenvalue weighted by Crippen LogP contribution is -2.41. The molecule has 1 atom stereocenters. The summed E-state index contributed by atoms with van der Waals surface area (Å²) in [5.41, 5.74) is 0. The van der Waals surface area contributed by atoms with Gasteiger partial charge in [-0.3, -0.25) is 0 Å². The molecule has 0 heterocycles. The number of rotatable bonds is 12. The third-order valence-corrected chi connectivity index (χ3v) is 4.59. The predicted octanol–water partition coefficient (Wildman–Crippen LogP) is 1.50. The highest BCUT2D eigenvalue weighted by Crippen LogP contribution is 1.98. The van der Waals surface area contributed by atoms with Crippen molar-refractivity contribution < 1.29 is 13.2 Å². The van der Waals surface area contributed by atoms with Gasteiger partial charge < -0.3 is 10.1 Å². The molecule has 2 N–H and O–H groups in total. The Balaban J connectivity index is 3.72. The minimum absolute atomic E-state index is 0.296. The van der Waals surface area contributed by atoms with Crippen molar-refractivity contribution in [2.24, 2.45) is 0 Å². The van der Waals surface area contributed by atoms with E-state index in [4.69, 9.17) is 4.74 Å². The van der Waals surface area contributed by atoms with E-state index in [1.165, 1.54) is 0 Å². The van der Waals surface area contributed by atoms with Crippen LogP contribution >= 0.6 is 0 Å². The molecule has 0 saturated heterocycles. The maximum absolute atomic E-state index is 11.9. The first-order valence-corrected chi connectivity index (χ1v) is 8.74. The highest BCUT2D eigenvalue weighted by Gasteiger charge is 2.19. The second-order valence-corrected chi connectivity index (χ2v) is 7.32. The molecule has 6 heteroatoms. The molecular weight excluding hydrogens is 264 g/mol. The standard InChI is InChI=1S/C13H30N2O3S/c1-5-6-9-18-10-7-8-15-19(16,17)13(4)11-14-12(2)3/h12-15H,5-11H2,1-4H3. The lowest BCUT2D eigenvalue weighted by Gasteiger charge is -2.16. The van der Waals surface area contributed by atoms with Gasteiger partial charge in [0.1, 0.15) is 0 Å². The van der Waals surface area contributed by atoms with E-state index in [2.05, 4.69) is 17.0 Å². The largest absolute Gasteiger partial charge is 0.381 e. The Labute approximate surface area is 118 Å². The normalized spacial score (nSPS) is 13.9. The average molecular weight is 294 g/mol. The van der Waals surface area contributed by atoms with E-state index in [9.17, 15) is 8.42 Å². The molecule has 0 spiro atoms. The van der Waals surface area contributed by atoms with E-state index in [-0.39, 0.29) is 0 Å². The number of hydrogen-bond acceptors (Lipinski definition) is 4. The smallest absolute Gasteiger partial charge is 0.215 e. The molecule has 0 aliphatic carbocycles. The Kier molecular flexibility index (Phi) is 10.5. The van der Waals surface area contributed by atoms with Crippen LogP contribution in [-0.4, -0.2) is 46.0 Å². The molecule has 0 bridgehead atoms. The number of hydrogen-bond donors (Lipinski definition) is 2. The van der Waals surface area contributed by atoms with E-state index in [1.807, 2.05) is 13.8 Å². The van der Waals surface area contributed by atoms with Gasteiger partial charge in [-0.2, -0.15) is 0 Å². The second-order valence-electron chi connectivity index (χ2n) is 5.13. The summed E-state index contributed by atoms with van der Waals surface area (Å²) in [5.74, 6) is 0. The molecule has 0 rings (SSSR count). The zero-order valence-corrected chi connectivity index (χ0v) is 13.6. The van der Waals surface area contributed by atoms with Crippen molar-refractivity contribution in [2.45, 2.75) is 58.2 Å². The fraction of sp³-hybridized carbons (Fsp3) is 1.00. The number of nitrogens with one attached hydrogen (secondary N) is 2. The first kappa shape index (κ1) is 18.8. The van der Waals surface area contributed by atoms with Gasteiger partial charge in [-0.25, -0.2) is 13.1 Å². The minimum Gasteiger partial charge on any atom is -0.381 e. The van der Waals surface area contributed by atoms with Crippen molar-refractivity contribution in [1.29, 1.82) is 0 Å². The number of ether oxygens (including phenoxy) is 1. The molecule has 5 nitrogen and oxygen atoms in total. The summed E-state index contributed by atoms with van der Waals surface area (Å²) in [6, 6.07) is 0.296. The van der Waals surface area contributed by atoms with Gasteiger partial charge in [0.05, 0.1) is 5.25 Å². The Hall–Kier alpha value is -0.170. The van der Waals surface area contributed by atoms with Gasteiger partial charge in [0.15, 0.2) is 0 Å². The molecule has 0 saturated carbocycles. The van der Waals surface area contributed by atoms with Gasteiger partial charge in [0, 0.05) is 32.3 Å². The average Bonchev–Trinajstić information content (AvgIpc) is 2.34. The van der Waals surface area contributed by atoms with Crippen LogP contribution in [0.5, 0.6) is 0 Å². The van der Waals surface area contributed by atoms with Crippen LogP contribution in [0.2, 0.25) is 0 Å². The van der Waals surface area contributed by atoms with Crippen LogP contribution in [0.1, 0.15) is 47.0 Å². The maximum Gasteiger partial charge on any atom is 0.215 e. The van der Waals surface area contributed by atoms with Crippen LogP contribution in [0.3, 0.4) is 0 Å². The molecule has 0 aromatic rings. The highest BCUT2D eigenvalue weighted by atomic mass is 32.2. The monoisotopic (exact) mass is 294 g/mol. The summed E-state index contributed by atoms with van der Waals surface area (Å²) >= 11 is 0. The lowest BCUT2D eigenvalue weighted by molar-refractivity contribution is 0.130. The van der Waals surface area contributed by atoms with Gasteiger partial charge in [-0.05, 0) is 19.8 Å². The summed E-state index contributed by atoms with van der Waals surface area (Å²) in [6.07, 6.45) is 2.89. The van der Waals surface area contributed by atoms with Gasteiger partial charge in [0.2, 0.25) is 10.0 Å². The van der Waals surface area contributed by atoms with E-state index in [1.54, 1.807) is 6.92 Å². The molecule has 0 radical (unpaired) electrons. The quantitative estimate of drug-likeness (QED) is 0.535. The lowest BCUT2D eigenvalue weighted by atomic mass is 10.3. The van der Waals surface area contributed by atoms with Crippen molar-refractivity contribution in [3.63, 3.8) is 0 Å². The van der Waals surface area contributed by atoms with E-state index >= 15 is 0 Å². The summed E-state index contributed by atoms with van der Waals surface area (Å²) in [7, 11) is -3.22. The fourth-order valence-corrected chi connectivity index (χ4v) is 2.42. The van der Waals surface area contributed by atoms with Gasteiger partial charge in [-0.1, -0.05) is 27.2 Å². The van der Waals surface area contributed by atoms with Gasteiger partial charge >= 0.3 is 0 Å². The Morgan fingerprint density at radius 1 is 1.11 bits per heavy atom. The van der Waals surface area contributed by atoms with Gasteiger partial charge in [-0.15, -0.1) is 0 Å². The molecule has 0 fully saturated rings. The fourth-order valence-electron chi connectivity index (χ4n) is 1.39. The molecular formula is C13H30N2O3S. The Bertz CT molecular complexity index is 305. The molecule has 19 heavy (non-hydrogen) atoms. The molecule has 0 aromatic heterocycles. The molecule has 0 aromatic carbocycles. The van der Waals surface area contributed by atoms with Crippen molar-refractivity contribution in [2.75, 3.05) is 26.3 Å². The summed E-state index contributed by atoms with van der Waals surface area (Å²) in [4.78, 5) is 0. The van der Waals surface area contributed by atoms with Crippen LogP contribution in [0.4, 0.5) is 0 Å². The Morgan fingerprint density at radius 3 is 2.32 bits per heavy atom. The topological polar surface area (TPSA) is 67.4 Å². The van der Waals surface area contributed by atoms with Crippen molar-refractivity contribution in [3.05, 3.63) is 0 Å². The number of unbranched alkanes of at least 4 members (excludes halogenated alkanes) is 1. The molecule has 0 aliphatic rings. The van der Waals surface area contributed by atoms with E-state index in [0.717, 1.165) is 19.4 Å². The van der Waals surface area contributed by atoms with Crippen LogP contribution in [0, 0.1) is 0 Å². The van der Waals surface area contributed by atoms with E-state index in [0.29, 0.717) is 32.2 Å². The maximum atomic E-state index is 11.9. The first-order valence-electron chi connectivity index (χ1n) is 7.19. The van der Waals surface area contributed by atoms with Crippen LogP contribution in [-0.2, 0) is 14.8 Å². The highest BCUT2D eigenvalue weighted by molar-refractivity contribution is 7.90. The number of sulfonamides is 1. The minimum atomic E-state index is -3.22. The second kappa shape index (κ2) is 10.6. The third kappa shape index (κ3) is 10.3. The predicted molar refractivity (Wildman–Crippen MR) is 79.9 cm³/mol. The molecule has 116 valence electrons. The third-order valence-electron chi connectivity index (χ3n) is 2.75. The molecule has 0 amide bonds.